The maximum absolute atomic E-state index is 9.06. The zero-order valence-corrected chi connectivity index (χ0v) is 30.5. The second-order valence-electron chi connectivity index (χ2n) is 16.0. The molecular weight excluding hydrogens is 512 g/mol. The molecule has 254 valence electrons. The van der Waals surface area contributed by atoms with Gasteiger partial charge in [0, 0.05) is 13.2 Å². The molecule has 8 atom stereocenters. The molecule has 0 aromatic heterocycles. The Labute approximate surface area is 267 Å². The molecule has 0 fully saturated rings. The second-order valence-corrected chi connectivity index (χ2v) is 16.0. The predicted molar refractivity (Wildman–Crippen MR) is 189 cm³/mol. The van der Waals surface area contributed by atoms with Gasteiger partial charge in [0.2, 0.25) is 0 Å². The molecule has 2 nitrogen and oxygen atoms in total. The molecule has 0 saturated heterocycles. The molecule has 2 heteroatoms. The molecule has 0 unspecified atom stereocenters. The first-order chi connectivity index (χ1) is 20.1. The lowest BCUT2D eigenvalue weighted by atomic mass is 9.88. The fraction of sp³-hybridized carbons (Fsp3) is 1.00. The zero-order chi connectivity index (χ0) is 31.6. The van der Waals surface area contributed by atoms with E-state index in [0.29, 0.717) is 25.0 Å². The summed E-state index contributed by atoms with van der Waals surface area (Å²) < 4.78 is 0. The summed E-state index contributed by atoms with van der Waals surface area (Å²) in [5, 5.41) is 18.1. The first kappa shape index (κ1) is 41.9. The lowest BCUT2D eigenvalue weighted by Crippen LogP contribution is -2.04. The molecule has 0 aliphatic carbocycles. The number of hydrogen-bond acceptors (Lipinski definition) is 2. The van der Waals surface area contributed by atoms with Gasteiger partial charge >= 0.3 is 0 Å². The molecule has 0 radical (unpaired) electrons. The van der Waals surface area contributed by atoms with Crippen LogP contribution in [0.3, 0.4) is 0 Å². The molecule has 0 amide bonds. The van der Waals surface area contributed by atoms with Gasteiger partial charge < -0.3 is 10.2 Å². The van der Waals surface area contributed by atoms with E-state index in [4.69, 9.17) is 10.2 Å². The highest BCUT2D eigenvalue weighted by atomic mass is 16.3. The van der Waals surface area contributed by atoms with Gasteiger partial charge in [-0.1, -0.05) is 184 Å². The Morgan fingerprint density at radius 2 is 0.381 bits per heavy atom. The van der Waals surface area contributed by atoms with Crippen molar-refractivity contribution >= 4 is 0 Å². The van der Waals surface area contributed by atoms with Crippen molar-refractivity contribution in [1.29, 1.82) is 0 Å². The quantitative estimate of drug-likeness (QED) is 0.0838. The molecule has 0 aromatic rings. The standard InChI is InChI=1S/C40H82O2/c1-33(15-9-17-35(3)21-13-25-39(7)29-31-41)19-11-23-37(5)27-28-38(6)24-12-20-34(2)16-10-18-36(4)22-14-26-40(8)30-32-42/h33-42H,9-32H2,1-8H3/t33-,34-,35-,36-,37+,38+,39-,40-/m1/s1. The predicted octanol–water partition coefficient (Wildman–Crippen LogP) is 12.6. The highest BCUT2D eigenvalue weighted by molar-refractivity contribution is 4.65. The Kier molecular flexibility index (Phi) is 28.3. The van der Waals surface area contributed by atoms with E-state index >= 15 is 0 Å². The van der Waals surface area contributed by atoms with Gasteiger partial charge in [-0.3, -0.25) is 0 Å². The summed E-state index contributed by atoms with van der Waals surface area (Å²) in [6.45, 7) is 20.1. The molecule has 0 heterocycles. The first-order valence-corrected chi connectivity index (χ1v) is 19.3. The van der Waals surface area contributed by atoms with Gasteiger partial charge in [0.05, 0.1) is 0 Å². The van der Waals surface area contributed by atoms with Crippen molar-refractivity contribution in [2.75, 3.05) is 13.2 Å². The number of aliphatic hydroxyl groups is 2. The molecule has 0 spiro atoms. The minimum atomic E-state index is 0.348. The summed E-state index contributed by atoms with van der Waals surface area (Å²) in [5.41, 5.74) is 0. The maximum Gasteiger partial charge on any atom is 0.0433 e. The fourth-order valence-corrected chi connectivity index (χ4v) is 7.05. The van der Waals surface area contributed by atoms with Crippen LogP contribution >= 0.6 is 0 Å². The molecule has 0 aliphatic rings. The van der Waals surface area contributed by atoms with Gasteiger partial charge in [0.25, 0.3) is 0 Å². The fourth-order valence-electron chi connectivity index (χ4n) is 7.05. The lowest BCUT2D eigenvalue weighted by molar-refractivity contribution is 0.254. The molecular formula is C40H82O2. The van der Waals surface area contributed by atoms with E-state index in [1.165, 1.54) is 128 Å². The summed E-state index contributed by atoms with van der Waals surface area (Å²) in [5.74, 6) is 6.68. The van der Waals surface area contributed by atoms with Crippen molar-refractivity contribution < 1.29 is 10.2 Å². The van der Waals surface area contributed by atoms with E-state index < -0.39 is 0 Å². The smallest absolute Gasteiger partial charge is 0.0433 e. The van der Waals surface area contributed by atoms with Crippen LogP contribution < -0.4 is 0 Å². The van der Waals surface area contributed by atoms with E-state index in [0.717, 1.165) is 48.3 Å². The molecule has 42 heavy (non-hydrogen) atoms. The van der Waals surface area contributed by atoms with Crippen molar-refractivity contribution in [3.63, 3.8) is 0 Å². The summed E-state index contributed by atoms with van der Waals surface area (Å²) in [7, 11) is 0. The van der Waals surface area contributed by atoms with E-state index in [2.05, 4.69) is 55.4 Å². The van der Waals surface area contributed by atoms with Gasteiger partial charge in [-0.15, -0.1) is 0 Å². The van der Waals surface area contributed by atoms with E-state index in [-0.39, 0.29) is 0 Å². The minimum Gasteiger partial charge on any atom is -0.396 e. The van der Waals surface area contributed by atoms with E-state index in [1.54, 1.807) is 0 Å². The van der Waals surface area contributed by atoms with Crippen LogP contribution in [0.5, 0.6) is 0 Å². The van der Waals surface area contributed by atoms with Crippen LogP contribution in [0.15, 0.2) is 0 Å². The highest BCUT2D eigenvalue weighted by Gasteiger charge is 2.12. The van der Waals surface area contributed by atoms with Gasteiger partial charge in [0.1, 0.15) is 0 Å². The third kappa shape index (κ3) is 27.5. The molecule has 2 N–H and O–H groups in total. The van der Waals surface area contributed by atoms with Crippen LogP contribution in [0.4, 0.5) is 0 Å². The minimum absolute atomic E-state index is 0.348. The zero-order valence-electron chi connectivity index (χ0n) is 30.5. The van der Waals surface area contributed by atoms with Crippen LogP contribution in [-0.2, 0) is 0 Å². The van der Waals surface area contributed by atoms with Gasteiger partial charge in [-0.25, -0.2) is 0 Å². The van der Waals surface area contributed by atoms with Crippen LogP contribution in [0.1, 0.15) is 197 Å². The molecule has 0 aromatic carbocycles. The highest BCUT2D eigenvalue weighted by Crippen LogP contribution is 2.26. The largest absolute Gasteiger partial charge is 0.396 e. The second kappa shape index (κ2) is 28.4. The van der Waals surface area contributed by atoms with Gasteiger partial charge in [-0.05, 0) is 60.2 Å². The van der Waals surface area contributed by atoms with Crippen molar-refractivity contribution in [3.05, 3.63) is 0 Å². The Morgan fingerprint density at radius 1 is 0.238 bits per heavy atom. The molecule has 0 aliphatic heterocycles. The Morgan fingerprint density at radius 3 is 0.548 bits per heavy atom. The third-order valence-electron chi connectivity index (χ3n) is 10.8. The Balaban J connectivity index is 3.71. The first-order valence-electron chi connectivity index (χ1n) is 19.3. The molecule has 0 saturated carbocycles. The van der Waals surface area contributed by atoms with E-state index in [9.17, 15) is 0 Å². The summed E-state index contributed by atoms with van der Waals surface area (Å²) in [6, 6.07) is 0. The Bertz CT molecular complexity index is 500. The van der Waals surface area contributed by atoms with Crippen LogP contribution in [0, 0.1) is 47.3 Å². The summed E-state index contributed by atoms with van der Waals surface area (Å²) in [6.07, 6.45) is 29.8. The van der Waals surface area contributed by atoms with Gasteiger partial charge in [0.15, 0.2) is 0 Å². The average molecular weight is 595 g/mol. The van der Waals surface area contributed by atoms with Crippen molar-refractivity contribution in [2.45, 2.75) is 197 Å². The summed E-state index contributed by atoms with van der Waals surface area (Å²) >= 11 is 0. The van der Waals surface area contributed by atoms with Crippen molar-refractivity contribution in [2.24, 2.45) is 47.3 Å². The average Bonchev–Trinajstić information content (AvgIpc) is 2.92. The van der Waals surface area contributed by atoms with E-state index in [1.807, 2.05) is 0 Å². The topological polar surface area (TPSA) is 40.5 Å². The van der Waals surface area contributed by atoms with Crippen LogP contribution in [0.25, 0.3) is 0 Å². The van der Waals surface area contributed by atoms with Crippen LogP contribution in [0.2, 0.25) is 0 Å². The van der Waals surface area contributed by atoms with Crippen molar-refractivity contribution in [1.82, 2.24) is 0 Å². The van der Waals surface area contributed by atoms with Crippen molar-refractivity contribution in [3.8, 4) is 0 Å². The van der Waals surface area contributed by atoms with Gasteiger partial charge in [-0.2, -0.15) is 0 Å². The normalized spacial score (nSPS) is 17.9. The lowest BCUT2D eigenvalue weighted by Gasteiger charge is -2.18. The van der Waals surface area contributed by atoms with Crippen LogP contribution in [-0.4, -0.2) is 23.4 Å². The maximum atomic E-state index is 9.06. The number of hydrogen-bond donors (Lipinski definition) is 2. The number of rotatable bonds is 31. The SMILES string of the molecule is C[C@H](CCC[C@@H](C)CCC[C@H](C)CC[C@@H](C)CCC[C@H](C)CCC[C@@H](C)CCC[C@@H](C)CCO)CCC[C@@H](C)CCO. The number of aliphatic hydroxyl groups excluding tert-OH is 2. The molecule has 0 rings (SSSR count). The summed E-state index contributed by atoms with van der Waals surface area (Å²) in [4.78, 5) is 0. The monoisotopic (exact) mass is 595 g/mol. The molecule has 0 bridgehead atoms. The Hall–Kier alpha value is -0.0800. The third-order valence-corrected chi connectivity index (χ3v) is 10.8.